The summed E-state index contributed by atoms with van der Waals surface area (Å²) in [6, 6.07) is 11.9. The maximum atomic E-state index is 11.1. The predicted octanol–water partition coefficient (Wildman–Crippen LogP) is 5.84. The Morgan fingerprint density at radius 3 is 2.32 bits per heavy atom. The largest absolute Gasteiger partial charge is 0.507 e. The Hall–Kier alpha value is -2.34. The van der Waals surface area contributed by atoms with Crippen molar-refractivity contribution in [2.45, 2.75) is 38.8 Å². The molecule has 0 unspecified atom stereocenters. The molecule has 2 fully saturated rings. The molecule has 0 spiro atoms. The van der Waals surface area contributed by atoms with Crippen molar-refractivity contribution in [3.8, 4) is 5.75 Å². The maximum absolute atomic E-state index is 11.1. The van der Waals surface area contributed by atoms with Gasteiger partial charge >= 0.3 is 0 Å². The van der Waals surface area contributed by atoms with Gasteiger partial charge in [-0.25, -0.2) is 0 Å². The number of nitrogens with zero attached hydrogens (tertiary/aromatic N) is 3. The van der Waals surface area contributed by atoms with Gasteiger partial charge in [0.15, 0.2) is 0 Å². The van der Waals surface area contributed by atoms with Crippen LogP contribution in [0.15, 0.2) is 42.6 Å². The lowest BCUT2D eigenvalue weighted by atomic mass is 10.0. The SMILES string of the molecule is Cc1cc(Nc2ccnc3cc(Cl)ccc23)cc(C(N2CCCC2)N2CCCC2)c1O. The second-order valence-corrected chi connectivity index (χ2v) is 9.17. The molecule has 2 aromatic carbocycles. The van der Waals surface area contributed by atoms with E-state index in [0.29, 0.717) is 10.8 Å². The van der Waals surface area contributed by atoms with Crippen LogP contribution in [-0.4, -0.2) is 46.1 Å². The van der Waals surface area contributed by atoms with Gasteiger partial charge in [-0.1, -0.05) is 11.6 Å². The van der Waals surface area contributed by atoms with Crippen LogP contribution in [0.4, 0.5) is 11.4 Å². The standard InChI is InChI=1S/C25H29ClN4O/c1-17-14-19(28-22-8-9-27-23-15-18(26)6-7-20(22)23)16-21(24(17)31)25(29-10-2-3-11-29)30-12-4-5-13-30/h6-9,14-16,25,31H,2-5,10-13H2,1H3,(H,27,28). The highest BCUT2D eigenvalue weighted by Crippen LogP contribution is 2.40. The number of aryl methyl sites for hydroxylation is 1. The van der Waals surface area contributed by atoms with Crippen molar-refractivity contribution in [1.29, 1.82) is 0 Å². The molecular formula is C25H29ClN4O. The molecule has 1 aromatic heterocycles. The smallest absolute Gasteiger partial charge is 0.124 e. The van der Waals surface area contributed by atoms with Crippen molar-refractivity contribution in [3.05, 3.63) is 58.7 Å². The number of hydrogen-bond donors (Lipinski definition) is 2. The minimum Gasteiger partial charge on any atom is -0.507 e. The number of pyridine rings is 1. The summed E-state index contributed by atoms with van der Waals surface area (Å²) in [5.74, 6) is 0.417. The number of nitrogens with one attached hydrogen (secondary N) is 1. The van der Waals surface area contributed by atoms with E-state index in [1.807, 2.05) is 37.3 Å². The fourth-order valence-corrected chi connectivity index (χ4v) is 5.22. The summed E-state index contributed by atoms with van der Waals surface area (Å²) >= 11 is 6.15. The van der Waals surface area contributed by atoms with Gasteiger partial charge in [0.25, 0.3) is 0 Å². The lowest BCUT2D eigenvalue weighted by Crippen LogP contribution is -2.38. The number of likely N-dealkylation sites (tertiary alicyclic amines) is 2. The van der Waals surface area contributed by atoms with E-state index < -0.39 is 0 Å². The first-order valence-corrected chi connectivity index (χ1v) is 11.6. The molecular weight excluding hydrogens is 408 g/mol. The van der Waals surface area contributed by atoms with Gasteiger partial charge in [0.2, 0.25) is 0 Å². The number of aromatic nitrogens is 1. The minimum absolute atomic E-state index is 0.137. The van der Waals surface area contributed by atoms with E-state index in [4.69, 9.17) is 11.6 Å². The number of fused-ring (bicyclic) bond motifs is 1. The van der Waals surface area contributed by atoms with E-state index in [-0.39, 0.29) is 6.17 Å². The van der Waals surface area contributed by atoms with Crippen LogP contribution >= 0.6 is 11.6 Å². The lowest BCUT2D eigenvalue weighted by Gasteiger charge is -2.36. The number of phenolic OH excluding ortho intramolecular Hbond substituents is 1. The third-order valence-electron chi connectivity index (χ3n) is 6.56. The van der Waals surface area contributed by atoms with Crippen LogP contribution in [0.1, 0.15) is 43.0 Å². The van der Waals surface area contributed by atoms with Gasteiger partial charge in [0.1, 0.15) is 5.75 Å². The summed E-state index contributed by atoms with van der Waals surface area (Å²) in [5, 5.41) is 16.4. The number of hydrogen-bond acceptors (Lipinski definition) is 5. The van der Waals surface area contributed by atoms with Crippen molar-refractivity contribution in [1.82, 2.24) is 14.8 Å². The predicted molar refractivity (Wildman–Crippen MR) is 127 cm³/mol. The highest BCUT2D eigenvalue weighted by Gasteiger charge is 2.33. The summed E-state index contributed by atoms with van der Waals surface area (Å²) in [7, 11) is 0. The average molecular weight is 437 g/mol. The van der Waals surface area contributed by atoms with Gasteiger partial charge < -0.3 is 10.4 Å². The van der Waals surface area contributed by atoms with Gasteiger partial charge in [-0.15, -0.1) is 0 Å². The van der Waals surface area contributed by atoms with E-state index in [0.717, 1.165) is 59.6 Å². The van der Waals surface area contributed by atoms with Crippen LogP contribution in [0.2, 0.25) is 5.02 Å². The molecule has 2 saturated heterocycles. The van der Waals surface area contributed by atoms with E-state index in [2.05, 4.69) is 26.2 Å². The summed E-state index contributed by atoms with van der Waals surface area (Å²) in [6.45, 7) is 6.35. The van der Waals surface area contributed by atoms with Gasteiger partial charge in [-0.05, 0) is 101 Å². The van der Waals surface area contributed by atoms with Crippen LogP contribution in [0.3, 0.4) is 0 Å². The zero-order chi connectivity index (χ0) is 21.4. The second kappa shape index (κ2) is 8.65. The Bertz CT molecular complexity index is 1070. The van der Waals surface area contributed by atoms with Crippen LogP contribution in [0.5, 0.6) is 5.75 Å². The third kappa shape index (κ3) is 4.10. The molecule has 2 aliphatic heterocycles. The summed E-state index contributed by atoms with van der Waals surface area (Å²) in [4.78, 5) is 9.52. The Morgan fingerprint density at radius 2 is 1.65 bits per heavy atom. The molecule has 5 rings (SSSR count). The summed E-state index contributed by atoms with van der Waals surface area (Å²) in [5.41, 5.74) is 4.73. The normalized spacial score (nSPS) is 17.8. The second-order valence-electron chi connectivity index (χ2n) is 8.74. The first-order chi connectivity index (χ1) is 15.1. The van der Waals surface area contributed by atoms with E-state index in [1.54, 1.807) is 6.20 Å². The minimum atomic E-state index is 0.137. The molecule has 0 radical (unpaired) electrons. The molecule has 0 saturated carbocycles. The molecule has 31 heavy (non-hydrogen) atoms. The van der Waals surface area contributed by atoms with Crippen molar-refractivity contribution < 1.29 is 5.11 Å². The molecule has 162 valence electrons. The Kier molecular flexibility index (Phi) is 5.74. The molecule has 0 atom stereocenters. The molecule has 3 heterocycles. The summed E-state index contributed by atoms with van der Waals surface area (Å²) < 4.78 is 0. The Balaban J connectivity index is 1.54. The zero-order valence-corrected chi connectivity index (χ0v) is 18.7. The quantitative estimate of drug-likeness (QED) is 0.492. The summed E-state index contributed by atoms with van der Waals surface area (Å²) in [6.07, 6.45) is 6.85. The first-order valence-electron chi connectivity index (χ1n) is 11.2. The van der Waals surface area contributed by atoms with Crippen molar-refractivity contribution >= 4 is 33.9 Å². The van der Waals surface area contributed by atoms with Gasteiger partial charge in [-0.2, -0.15) is 0 Å². The van der Waals surface area contributed by atoms with Crippen LogP contribution < -0.4 is 5.32 Å². The third-order valence-corrected chi connectivity index (χ3v) is 6.80. The van der Waals surface area contributed by atoms with Crippen LogP contribution in [0.25, 0.3) is 10.9 Å². The molecule has 0 bridgehead atoms. The first kappa shape index (κ1) is 20.6. The van der Waals surface area contributed by atoms with Crippen molar-refractivity contribution in [3.63, 3.8) is 0 Å². The zero-order valence-electron chi connectivity index (χ0n) is 17.9. The maximum Gasteiger partial charge on any atom is 0.124 e. The fourth-order valence-electron chi connectivity index (χ4n) is 5.06. The monoisotopic (exact) mass is 436 g/mol. The highest BCUT2D eigenvalue weighted by molar-refractivity contribution is 6.31. The number of rotatable bonds is 5. The molecule has 0 aliphatic carbocycles. The molecule has 2 aliphatic rings. The number of benzene rings is 2. The molecule has 3 aromatic rings. The fraction of sp³-hybridized carbons (Fsp3) is 0.400. The topological polar surface area (TPSA) is 51.6 Å². The molecule has 0 amide bonds. The number of halogens is 1. The van der Waals surface area contributed by atoms with E-state index >= 15 is 0 Å². The van der Waals surface area contributed by atoms with Crippen LogP contribution in [0, 0.1) is 6.92 Å². The van der Waals surface area contributed by atoms with E-state index in [1.165, 1.54) is 25.7 Å². The van der Waals surface area contributed by atoms with Gasteiger partial charge in [0.05, 0.1) is 11.7 Å². The number of anilines is 2. The number of phenols is 1. The molecule has 2 N–H and O–H groups in total. The molecule has 6 heteroatoms. The molecule has 5 nitrogen and oxygen atoms in total. The van der Waals surface area contributed by atoms with Gasteiger partial charge in [0, 0.05) is 33.5 Å². The Morgan fingerprint density at radius 1 is 0.968 bits per heavy atom. The van der Waals surface area contributed by atoms with Crippen molar-refractivity contribution in [2.75, 3.05) is 31.5 Å². The van der Waals surface area contributed by atoms with Crippen molar-refractivity contribution in [2.24, 2.45) is 0 Å². The average Bonchev–Trinajstić information content (AvgIpc) is 3.47. The van der Waals surface area contributed by atoms with E-state index in [9.17, 15) is 5.11 Å². The Labute approximate surface area is 188 Å². The highest BCUT2D eigenvalue weighted by atomic mass is 35.5. The van der Waals surface area contributed by atoms with Gasteiger partial charge in [-0.3, -0.25) is 14.8 Å². The van der Waals surface area contributed by atoms with Crippen LogP contribution in [-0.2, 0) is 0 Å². The lowest BCUT2D eigenvalue weighted by molar-refractivity contribution is 0.0770. The number of aromatic hydroxyl groups is 1.